The first kappa shape index (κ1) is 19.1. The largest absolute Gasteiger partial charge is 0.380 e. The lowest BCUT2D eigenvalue weighted by Crippen LogP contribution is -2.54. The number of piperidine rings is 1. The lowest BCUT2D eigenvalue weighted by molar-refractivity contribution is -0.0874. The van der Waals surface area contributed by atoms with Crippen molar-refractivity contribution in [1.82, 2.24) is 24.6 Å². The summed E-state index contributed by atoms with van der Waals surface area (Å²) in [5.41, 5.74) is 0.984. The SMILES string of the molecule is CC1(CS(=O)(=O)N2CCCC(NC(=O)Nc3cnc4[nH]ccc4n3)C2)COC1. The van der Waals surface area contributed by atoms with Crippen molar-refractivity contribution in [2.24, 2.45) is 5.41 Å². The molecule has 10 nitrogen and oxygen atoms in total. The molecule has 2 saturated heterocycles. The molecule has 0 spiro atoms. The number of rotatable bonds is 5. The summed E-state index contributed by atoms with van der Waals surface area (Å²) in [7, 11) is -3.39. The van der Waals surface area contributed by atoms with Crippen molar-refractivity contribution < 1.29 is 17.9 Å². The Labute approximate surface area is 163 Å². The molecule has 2 aromatic rings. The lowest BCUT2D eigenvalue weighted by atomic mass is 9.92. The maximum absolute atomic E-state index is 12.7. The Morgan fingerprint density at radius 1 is 1.46 bits per heavy atom. The molecule has 2 amide bonds. The van der Waals surface area contributed by atoms with Crippen molar-refractivity contribution >= 4 is 33.0 Å². The first-order chi connectivity index (χ1) is 13.3. The van der Waals surface area contributed by atoms with Crippen LogP contribution in [0, 0.1) is 5.41 Å². The van der Waals surface area contributed by atoms with E-state index in [9.17, 15) is 13.2 Å². The molecule has 1 unspecified atom stereocenters. The molecule has 3 N–H and O–H groups in total. The number of hydrogen-bond acceptors (Lipinski definition) is 6. The van der Waals surface area contributed by atoms with Gasteiger partial charge in [-0.05, 0) is 18.9 Å². The Hall–Kier alpha value is -2.24. The van der Waals surface area contributed by atoms with Gasteiger partial charge in [-0.3, -0.25) is 5.32 Å². The molecule has 0 aromatic carbocycles. The van der Waals surface area contributed by atoms with Crippen LogP contribution in [0.2, 0.25) is 0 Å². The van der Waals surface area contributed by atoms with Gasteiger partial charge in [-0.1, -0.05) is 6.92 Å². The maximum Gasteiger partial charge on any atom is 0.320 e. The minimum absolute atomic E-state index is 0.0746. The smallest absolute Gasteiger partial charge is 0.320 e. The van der Waals surface area contributed by atoms with Crippen LogP contribution in [0.4, 0.5) is 10.6 Å². The number of hydrogen-bond donors (Lipinski definition) is 3. The van der Waals surface area contributed by atoms with Crippen LogP contribution < -0.4 is 10.6 Å². The summed E-state index contributed by atoms with van der Waals surface area (Å²) in [5.74, 6) is 0.411. The lowest BCUT2D eigenvalue weighted by Gasteiger charge is -2.40. The number of anilines is 1. The van der Waals surface area contributed by atoms with Gasteiger partial charge in [0.1, 0.15) is 5.52 Å². The summed E-state index contributed by atoms with van der Waals surface area (Å²) < 4.78 is 32.1. The van der Waals surface area contributed by atoms with Crippen LogP contribution in [0.3, 0.4) is 0 Å². The molecular weight excluding hydrogens is 384 g/mol. The van der Waals surface area contributed by atoms with E-state index in [0.29, 0.717) is 43.2 Å². The highest BCUT2D eigenvalue weighted by atomic mass is 32.2. The number of fused-ring (bicyclic) bond motifs is 1. The molecule has 2 aliphatic heterocycles. The molecule has 2 aromatic heterocycles. The number of aromatic nitrogens is 3. The highest BCUT2D eigenvalue weighted by molar-refractivity contribution is 7.89. The van der Waals surface area contributed by atoms with Gasteiger partial charge in [-0.15, -0.1) is 0 Å². The number of nitrogens with one attached hydrogen (secondary N) is 3. The van der Waals surface area contributed by atoms with Crippen LogP contribution in [0.25, 0.3) is 11.2 Å². The molecule has 2 aliphatic rings. The van der Waals surface area contributed by atoms with Crippen molar-refractivity contribution in [3.63, 3.8) is 0 Å². The predicted molar refractivity (Wildman–Crippen MR) is 103 cm³/mol. The molecule has 1 atom stereocenters. The first-order valence-corrected chi connectivity index (χ1v) is 10.9. The van der Waals surface area contributed by atoms with Crippen LogP contribution in [0.1, 0.15) is 19.8 Å². The third kappa shape index (κ3) is 4.10. The Bertz CT molecular complexity index is 971. The normalized spacial score (nSPS) is 22.5. The number of H-pyrrole nitrogens is 1. The van der Waals surface area contributed by atoms with E-state index in [2.05, 4.69) is 25.6 Å². The molecule has 0 saturated carbocycles. The van der Waals surface area contributed by atoms with Gasteiger partial charge in [0.15, 0.2) is 11.5 Å². The van der Waals surface area contributed by atoms with Crippen molar-refractivity contribution in [2.75, 3.05) is 37.4 Å². The van der Waals surface area contributed by atoms with Crippen LogP contribution in [0.15, 0.2) is 18.5 Å². The van der Waals surface area contributed by atoms with Crippen molar-refractivity contribution in [3.8, 4) is 0 Å². The van der Waals surface area contributed by atoms with Gasteiger partial charge in [0.2, 0.25) is 10.0 Å². The van der Waals surface area contributed by atoms with Crippen molar-refractivity contribution in [3.05, 3.63) is 18.5 Å². The molecule has 4 heterocycles. The highest BCUT2D eigenvalue weighted by Crippen LogP contribution is 2.30. The molecule has 28 heavy (non-hydrogen) atoms. The second kappa shape index (κ2) is 7.30. The summed E-state index contributed by atoms with van der Waals surface area (Å²) in [6, 6.07) is 1.09. The average molecular weight is 408 g/mol. The quantitative estimate of drug-likeness (QED) is 0.674. The summed E-state index contributed by atoms with van der Waals surface area (Å²) in [4.78, 5) is 23.7. The topological polar surface area (TPSA) is 129 Å². The van der Waals surface area contributed by atoms with Gasteiger partial charge < -0.3 is 15.0 Å². The molecule has 152 valence electrons. The van der Waals surface area contributed by atoms with E-state index in [0.717, 1.165) is 6.42 Å². The van der Waals surface area contributed by atoms with Gasteiger partial charge in [-0.25, -0.2) is 23.2 Å². The van der Waals surface area contributed by atoms with E-state index >= 15 is 0 Å². The van der Waals surface area contributed by atoms with E-state index < -0.39 is 16.1 Å². The Morgan fingerprint density at radius 2 is 2.29 bits per heavy atom. The number of nitrogens with zero attached hydrogens (tertiary/aromatic N) is 3. The van der Waals surface area contributed by atoms with Crippen LogP contribution in [-0.4, -0.2) is 71.8 Å². The Kier molecular flexibility index (Phi) is 4.98. The minimum atomic E-state index is -3.39. The van der Waals surface area contributed by atoms with Crippen LogP contribution in [0.5, 0.6) is 0 Å². The van der Waals surface area contributed by atoms with E-state index in [4.69, 9.17) is 4.74 Å². The van der Waals surface area contributed by atoms with Crippen molar-refractivity contribution in [2.45, 2.75) is 25.8 Å². The number of amides is 2. The van der Waals surface area contributed by atoms with E-state index in [1.54, 1.807) is 12.3 Å². The zero-order valence-electron chi connectivity index (χ0n) is 15.6. The molecule has 0 aliphatic carbocycles. The number of carbonyl (C=O) groups excluding carboxylic acids is 1. The zero-order chi connectivity index (χ0) is 19.8. The minimum Gasteiger partial charge on any atom is -0.380 e. The fourth-order valence-corrected chi connectivity index (χ4v) is 5.65. The summed E-state index contributed by atoms with van der Waals surface area (Å²) in [6.07, 6.45) is 4.62. The van der Waals surface area contributed by atoms with Gasteiger partial charge in [0, 0.05) is 30.7 Å². The number of sulfonamides is 1. The van der Waals surface area contributed by atoms with Crippen LogP contribution >= 0.6 is 0 Å². The molecule has 4 rings (SSSR count). The fourth-order valence-electron chi connectivity index (χ4n) is 3.61. The molecule has 0 radical (unpaired) electrons. The summed E-state index contributed by atoms with van der Waals surface area (Å²) in [5, 5.41) is 5.50. The highest BCUT2D eigenvalue weighted by Gasteiger charge is 2.41. The van der Waals surface area contributed by atoms with Gasteiger partial charge in [-0.2, -0.15) is 4.31 Å². The number of carbonyl (C=O) groups is 1. The fraction of sp³-hybridized carbons (Fsp3) is 0.588. The maximum atomic E-state index is 12.7. The summed E-state index contributed by atoms with van der Waals surface area (Å²) >= 11 is 0. The van der Waals surface area contributed by atoms with Crippen molar-refractivity contribution in [1.29, 1.82) is 0 Å². The monoisotopic (exact) mass is 408 g/mol. The van der Waals surface area contributed by atoms with E-state index in [1.807, 2.05) is 6.92 Å². The standard InChI is InChI=1S/C17H24N6O4S/c1-17(9-27-10-17)11-28(25,26)23-6-2-3-12(8-23)20-16(24)22-14-7-19-15-13(21-14)4-5-18-15/h4-5,7,12H,2-3,6,8-11H2,1H3,(H,18,19)(H2,20,21,22,24). The third-order valence-corrected chi connectivity index (χ3v) is 7.23. The van der Waals surface area contributed by atoms with Gasteiger partial charge >= 0.3 is 6.03 Å². The molecule has 2 fully saturated rings. The number of aromatic amines is 1. The van der Waals surface area contributed by atoms with E-state index in [-0.39, 0.29) is 23.8 Å². The zero-order valence-corrected chi connectivity index (χ0v) is 16.5. The first-order valence-electron chi connectivity index (χ1n) is 9.26. The van der Waals surface area contributed by atoms with E-state index in [1.165, 1.54) is 10.5 Å². The van der Waals surface area contributed by atoms with Crippen LogP contribution in [-0.2, 0) is 14.8 Å². The van der Waals surface area contributed by atoms with Gasteiger partial charge in [0.25, 0.3) is 0 Å². The molecular formula is C17H24N6O4S. The number of urea groups is 1. The predicted octanol–water partition coefficient (Wildman–Crippen LogP) is 0.910. The Balaban J connectivity index is 1.34. The Morgan fingerprint density at radius 3 is 3.04 bits per heavy atom. The second-order valence-corrected chi connectivity index (χ2v) is 9.79. The number of ether oxygens (including phenoxy) is 1. The summed E-state index contributed by atoms with van der Waals surface area (Å²) in [6.45, 7) is 3.61. The molecule has 11 heteroatoms. The van der Waals surface area contributed by atoms with Gasteiger partial charge in [0.05, 0.1) is 25.2 Å². The second-order valence-electron chi connectivity index (χ2n) is 7.82. The third-order valence-electron chi connectivity index (χ3n) is 5.05. The average Bonchev–Trinajstić information content (AvgIpc) is 3.08. The molecule has 0 bridgehead atoms.